The predicted octanol–water partition coefficient (Wildman–Crippen LogP) is 6.90. The summed E-state index contributed by atoms with van der Waals surface area (Å²) in [7, 11) is 0. The summed E-state index contributed by atoms with van der Waals surface area (Å²) in [6.07, 6.45) is 4.25. The minimum absolute atomic E-state index is 0.296. The van der Waals surface area contributed by atoms with Gasteiger partial charge in [0, 0.05) is 18.1 Å². The molecule has 208 valence electrons. The Bertz CT molecular complexity index is 1520. The van der Waals surface area contributed by atoms with Crippen molar-refractivity contribution in [2.75, 3.05) is 19.8 Å². The Kier molecular flexibility index (Phi) is 9.37. The van der Waals surface area contributed by atoms with Gasteiger partial charge in [0.2, 0.25) is 0 Å². The van der Waals surface area contributed by atoms with E-state index in [0.717, 1.165) is 51.0 Å². The molecule has 1 aliphatic rings. The fourth-order valence-electron chi connectivity index (χ4n) is 4.81. The maximum absolute atomic E-state index is 12.2. The van der Waals surface area contributed by atoms with Crippen LogP contribution >= 0.6 is 0 Å². The van der Waals surface area contributed by atoms with Crippen molar-refractivity contribution >= 4 is 18.3 Å². The lowest BCUT2D eigenvalue weighted by Gasteiger charge is -2.17. The van der Waals surface area contributed by atoms with E-state index in [1.807, 2.05) is 84.9 Å². The first-order chi connectivity index (χ1) is 20.1. The van der Waals surface area contributed by atoms with E-state index in [0.29, 0.717) is 38.4 Å². The summed E-state index contributed by atoms with van der Waals surface area (Å²) in [6, 6.07) is 29.6. The maximum Gasteiger partial charge on any atom is 0.330 e. The molecule has 0 aromatic heterocycles. The van der Waals surface area contributed by atoms with Crippen LogP contribution in [0.15, 0.2) is 97.1 Å². The molecule has 6 nitrogen and oxygen atoms in total. The Balaban J connectivity index is 1.52. The van der Waals surface area contributed by atoms with Crippen molar-refractivity contribution in [1.82, 2.24) is 0 Å². The van der Waals surface area contributed by atoms with Crippen LogP contribution in [0.4, 0.5) is 0 Å². The second-order valence-electron chi connectivity index (χ2n) is 9.60. The van der Waals surface area contributed by atoms with Gasteiger partial charge in [-0.2, -0.15) is 0 Å². The Morgan fingerprint density at radius 3 is 2.44 bits per heavy atom. The summed E-state index contributed by atoms with van der Waals surface area (Å²) in [5, 5.41) is 0. The summed E-state index contributed by atoms with van der Waals surface area (Å²) < 4.78 is 22.8. The summed E-state index contributed by atoms with van der Waals surface area (Å²) in [5.74, 6) is 0.344. The van der Waals surface area contributed by atoms with Crippen LogP contribution in [0.5, 0.6) is 5.75 Å². The highest BCUT2D eigenvalue weighted by molar-refractivity contribution is 5.91. The Labute approximate surface area is 240 Å². The highest BCUT2D eigenvalue weighted by atomic mass is 16.7. The molecule has 0 amide bonds. The molecule has 1 fully saturated rings. The van der Waals surface area contributed by atoms with Crippen LogP contribution in [-0.2, 0) is 32.0 Å². The number of benzene rings is 4. The van der Waals surface area contributed by atoms with E-state index in [1.165, 1.54) is 6.08 Å². The van der Waals surface area contributed by atoms with Crippen molar-refractivity contribution in [3.8, 4) is 28.0 Å². The van der Waals surface area contributed by atoms with E-state index in [4.69, 9.17) is 18.9 Å². The minimum Gasteiger partial charge on any atom is -0.489 e. The zero-order valence-corrected chi connectivity index (χ0v) is 23.0. The highest BCUT2D eigenvalue weighted by Gasteiger charge is 2.20. The number of carbonyl (C=O) groups excluding carboxylic acids is 2. The van der Waals surface area contributed by atoms with Gasteiger partial charge >= 0.3 is 5.97 Å². The largest absolute Gasteiger partial charge is 0.489 e. The normalized spacial score (nSPS) is 13.4. The Morgan fingerprint density at radius 1 is 0.878 bits per heavy atom. The fourth-order valence-corrected chi connectivity index (χ4v) is 4.81. The molecular weight excluding hydrogens is 516 g/mol. The van der Waals surface area contributed by atoms with Gasteiger partial charge in [-0.3, -0.25) is 4.79 Å². The third-order valence-electron chi connectivity index (χ3n) is 6.78. The van der Waals surface area contributed by atoms with Crippen molar-refractivity contribution in [1.29, 1.82) is 0 Å². The molecule has 0 saturated carbocycles. The van der Waals surface area contributed by atoms with Crippen molar-refractivity contribution in [2.24, 2.45) is 0 Å². The van der Waals surface area contributed by atoms with Crippen LogP contribution in [0.2, 0.25) is 0 Å². The zero-order chi connectivity index (χ0) is 28.4. The van der Waals surface area contributed by atoms with Crippen LogP contribution < -0.4 is 4.74 Å². The first-order valence-corrected chi connectivity index (χ1v) is 13.7. The molecule has 0 bridgehead atoms. The van der Waals surface area contributed by atoms with E-state index in [2.05, 4.69) is 0 Å². The van der Waals surface area contributed by atoms with Crippen molar-refractivity contribution in [3.05, 3.63) is 119 Å². The SMILES string of the molecule is CCOC(=O)/C=C/c1cc(-c2ccc(OCc3ccccc3)cc2CC2OCCO2)ccc1-c1cccc(C=O)c1. The summed E-state index contributed by atoms with van der Waals surface area (Å²) in [4.78, 5) is 23.6. The van der Waals surface area contributed by atoms with Gasteiger partial charge in [0.15, 0.2) is 6.29 Å². The second kappa shape index (κ2) is 13.7. The number of esters is 1. The first kappa shape index (κ1) is 28.0. The Morgan fingerprint density at radius 2 is 1.66 bits per heavy atom. The lowest BCUT2D eigenvalue weighted by molar-refractivity contribution is -0.137. The average molecular weight is 549 g/mol. The molecule has 4 aromatic carbocycles. The third-order valence-corrected chi connectivity index (χ3v) is 6.78. The summed E-state index contributed by atoms with van der Waals surface area (Å²) in [6.45, 7) is 3.68. The molecule has 0 N–H and O–H groups in total. The molecule has 0 atom stereocenters. The van der Waals surface area contributed by atoms with E-state index < -0.39 is 5.97 Å². The fraction of sp³-hybridized carbons (Fsp3) is 0.200. The molecule has 6 heteroatoms. The van der Waals surface area contributed by atoms with Gasteiger partial charge in [0.1, 0.15) is 18.6 Å². The molecular formula is C35H32O6. The monoisotopic (exact) mass is 548 g/mol. The van der Waals surface area contributed by atoms with Gasteiger partial charge in [-0.05, 0) is 76.2 Å². The minimum atomic E-state index is -0.415. The molecule has 0 aliphatic carbocycles. The topological polar surface area (TPSA) is 71.1 Å². The number of ether oxygens (including phenoxy) is 4. The molecule has 0 unspecified atom stereocenters. The maximum atomic E-state index is 12.2. The van der Waals surface area contributed by atoms with Crippen LogP contribution in [0.1, 0.15) is 34.0 Å². The summed E-state index contributed by atoms with van der Waals surface area (Å²) in [5.41, 5.74) is 7.26. The first-order valence-electron chi connectivity index (χ1n) is 13.7. The molecule has 41 heavy (non-hydrogen) atoms. The van der Waals surface area contributed by atoms with Gasteiger partial charge in [-0.15, -0.1) is 0 Å². The van der Waals surface area contributed by atoms with E-state index >= 15 is 0 Å². The van der Waals surface area contributed by atoms with Crippen LogP contribution in [-0.4, -0.2) is 38.4 Å². The molecule has 4 aromatic rings. The molecule has 1 aliphatic heterocycles. The molecule has 1 heterocycles. The van der Waals surface area contributed by atoms with Gasteiger partial charge in [0.25, 0.3) is 0 Å². The van der Waals surface area contributed by atoms with Gasteiger partial charge in [0.05, 0.1) is 19.8 Å². The number of rotatable bonds is 11. The van der Waals surface area contributed by atoms with Crippen molar-refractivity contribution < 1.29 is 28.5 Å². The molecule has 0 spiro atoms. The number of carbonyl (C=O) groups is 2. The number of aldehydes is 1. The predicted molar refractivity (Wildman–Crippen MR) is 159 cm³/mol. The third kappa shape index (κ3) is 7.37. The van der Waals surface area contributed by atoms with E-state index in [-0.39, 0.29) is 6.29 Å². The molecule has 0 radical (unpaired) electrons. The van der Waals surface area contributed by atoms with Crippen LogP contribution in [0, 0.1) is 0 Å². The summed E-state index contributed by atoms with van der Waals surface area (Å²) >= 11 is 0. The van der Waals surface area contributed by atoms with E-state index in [9.17, 15) is 9.59 Å². The van der Waals surface area contributed by atoms with Gasteiger partial charge in [-0.25, -0.2) is 4.79 Å². The quantitative estimate of drug-likeness (QED) is 0.115. The second-order valence-corrected chi connectivity index (χ2v) is 9.60. The van der Waals surface area contributed by atoms with Crippen LogP contribution in [0.3, 0.4) is 0 Å². The molecule has 1 saturated heterocycles. The molecule has 5 rings (SSSR count). The van der Waals surface area contributed by atoms with Crippen LogP contribution in [0.25, 0.3) is 28.3 Å². The van der Waals surface area contributed by atoms with Gasteiger partial charge < -0.3 is 18.9 Å². The number of hydrogen-bond donors (Lipinski definition) is 0. The van der Waals surface area contributed by atoms with Crippen molar-refractivity contribution in [3.63, 3.8) is 0 Å². The van der Waals surface area contributed by atoms with E-state index in [1.54, 1.807) is 19.1 Å². The zero-order valence-electron chi connectivity index (χ0n) is 23.0. The smallest absolute Gasteiger partial charge is 0.330 e. The van der Waals surface area contributed by atoms with Crippen molar-refractivity contribution in [2.45, 2.75) is 26.2 Å². The standard InChI is InChI=1S/C35H32O6/c1-2-38-34(37)16-12-29-20-28(11-14-32(29)27-10-6-9-26(19-27)23-36)33-15-13-31(41-24-25-7-4-3-5-8-25)21-30(33)22-35-39-17-18-40-35/h3-16,19-21,23,35H,2,17-18,22,24H2,1H3/b16-12+. The van der Waals surface area contributed by atoms with Gasteiger partial charge in [-0.1, -0.05) is 66.7 Å². The lowest BCUT2D eigenvalue weighted by Crippen LogP contribution is -2.12. The lowest BCUT2D eigenvalue weighted by atomic mass is 9.91. The Hall–Kier alpha value is -4.52. The highest BCUT2D eigenvalue weighted by Crippen LogP contribution is 2.34. The average Bonchev–Trinajstić information content (AvgIpc) is 3.53. The number of hydrogen-bond acceptors (Lipinski definition) is 6.